The van der Waals surface area contributed by atoms with Crippen LogP contribution in [0.4, 0.5) is 0 Å². The van der Waals surface area contributed by atoms with Gasteiger partial charge in [0.15, 0.2) is 5.79 Å². The summed E-state index contributed by atoms with van der Waals surface area (Å²) in [5.74, 6) is 0.117. The number of ether oxygens (including phenoxy) is 2. The second kappa shape index (κ2) is 3.74. The monoisotopic (exact) mass is 210 g/mol. The number of allylic oxidation sites excluding steroid dienone is 1. The van der Waals surface area contributed by atoms with E-state index in [-0.39, 0.29) is 30.3 Å². The number of aliphatic hydroxyl groups excluding tert-OH is 1. The maximum atomic E-state index is 9.42. The molecule has 0 spiro atoms. The Balaban J connectivity index is 2.38. The molecule has 0 radical (unpaired) electrons. The molecule has 2 aliphatic carbocycles. The van der Waals surface area contributed by atoms with Crippen molar-refractivity contribution in [2.45, 2.75) is 5.79 Å². The number of fused-ring (bicyclic) bond motifs is 2. The van der Waals surface area contributed by atoms with Gasteiger partial charge in [0.1, 0.15) is 0 Å². The topological polar surface area (TPSA) is 38.7 Å². The first-order chi connectivity index (χ1) is 7.25. The first-order valence-electron chi connectivity index (χ1n) is 5.27. The molecule has 0 amide bonds. The van der Waals surface area contributed by atoms with Crippen molar-refractivity contribution in [2.24, 2.45) is 23.7 Å². The molecule has 1 N–H and O–H groups in total. The molecular weight excluding hydrogens is 192 g/mol. The minimum Gasteiger partial charge on any atom is -0.396 e. The third kappa shape index (κ3) is 1.17. The fourth-order valence-corrected chi connectivity index (χ4v) is 3.26. The van der Waals surface area contributed by atoms with Crippen molar-refractivity contribution in [3.05, 3.63) is 24.8 Å². The van der Waals surface area contributed by atoms with Gasteiger partial charge in [0.05, 0.1) is 0 Å². The Bertz CT molecular complexity index is 281. The van der Waals surface area contributed by atoms with E-state index in [9.17, 15) is 5.11 Å². The summed E-state index contributed by atoms with van der Waals surface area (Å²) in [5.41, 5.74) is 0. The summed E-state index contributed by atoms with van der Waals surface area (Å²) in [6.07, 6.45) is 6.12. The molecule has 0 aromatic carbocycles. The highest BCUT2D eigenvalue weighted by Crippen LogP contribution is 2.56. The highest BCUT2D eigenvalue weighted by atomic mass is 16.7. The molecule has 0 heterocycles. The molecule has 4 atom stereocenters. The van der Waals surface area contributed by atoms with Crippen molar-refractivity contribution in [3.63, 3.8) is 0 Å². The average Bonchev–Trinajstić information content (AvgIpc) is 2.78. The van der Waals surface area contributed by atoms with Crippen molar-refractivity contribution >= 4 is 0 Å². The lowest BCUT2D eigenvalue weighted by Gasteiger charge is -2.32. The van der Waals surface area contributed by atoms with Crippen LogP contribution in [-0.2, 0) is 9.47 Å². The van der Waals surface area contributed by atoms with Gasteiger partial charge in [0.25, 0.3) is 0 Å². The predicted octanol–water partition coefficient (Wildman–Crippen LogP) is 1.20. The fourth-order valence-electron chi connectivity index (χ4n) is 3.26. The van der Waals surface area contributed by atoms with Gasteiger partial charge in [-0.1, -0.05) is 18.2 Å². The highest BCUT2D eigenvalue weighted by molar-refractivity contribution is 5.25. The van der Waals surface area contributed by atoms with Gasteiger partial charge >= 0.3 is 0 Å². The van der Waals surface area contributed by atoms with Crippen molar-refractivity contribution in [1.29, 1.82) is 0 Å². The molecule has 1 saturated carbocycles. The average molecular weight is 210 g/mol. The maximum absolute atomic E-state index is 9.42. The van der Waals surface area contributed by atoms with E-state index in [2.05, 4.69) is 18.7 Å². The number of aliphatic hydroxyl groups is 1. The molecule has 2 aliphatic rings. The van der Waals surface area contributed by atoms with Gasteiger partial charge in [-0.3, -0.25) is 0 Å². The molecule has 15 heavy (non-hydrogen) atoms. The molecule has 0 aromatic heterocycles. The van der Waals surface area contributed by atoms with Gasteiger partial charge in [-0.25, -0.2) is 0 Å². The quantitative estimate of drug-likeness (QED) is 0.560. The van der Waals surface area contributed by atoms with E-state index in [1.807, 2.05) is 6.08 Å². The summed E-state index contributed by atoms with van der Waals surface area (Å²) < 4.78 is 11.1. The van der Waals surface area contributed by atoms with Crippen LogP contribution >= 0.6 is 0 Å². The van der Waals surface area contributed by atoms with Crippen LogP contribution in [0.3, 0.4) is 0 Å². The van der Waals surface area contributed by atoms with Crippen LogP contribution in [0.5, 0.6) is 0 Å². The van der Waals surface area contributed by atoms with Gasteiger partial charge in [0.2, 0.25) is 0 Å². The molecule has 0 unspecified atom stereocenters. The van der Waals surface area contributed by atoms with E-state index < -0.39 is 5.79 Å². The lowest BCUT2D eigenvalue weighted by molar-refractivity contribution is -0.234. The van der Waals surface area contributed by atoms with Gasteiger partial charge in [-0.2, -0.15) is 0 Å². The van der Waals surface area contributed by atoms with Gasteiger partial charge in [-0.15, -0.1) is 6.58 Å². The van der Waals surface area contributed by atoms with Crippen LogP contribution in [0, 0.1) is 23.7 Å². The standard InChI is InChI=1S/C12H18O3/c1-4-8-9(7-13)11-6-5-10(8)12(11,14-2)15-3/h4-6,8-11,13H,1,7H2,2-3H3/t8-,9+,10-,11+/m0/s1. The Morgan fingerprint density at radius 3 is 2.33 bits per heavy atom. The molecular formula is C12H18O3. The van der Waals surface area contributed by atoms with Crippen molar-refractivity contribution in [3.8, 4) is 0 Å². The van der Waals surface area contributed by atoms with E-state index in [4.69, 9.17) is 9.47 Å². The first kappa shape index (κ1) is 10.9. The molecule has 1 fully saturated rings. The molecule has 0 aliphatic heterocycles. The van der Waals surface area contributed by atoms with Crippen LogP contribution in [0.25, 0.3) is 0 Å². The molecule has 2 bridgehead atoms. The Morgan fingerprint density at radius 2 is 1.93 bits per heavy atom. The largest absolute Gasteiger partial charge is 0.396 e. The van der Waals surface area contributed by atoms with E-state index in [0.29, 0.717) is 0 Å². The Morgan fingerprint density at radius 1 is 1.33 bits per heavy atom. The third-order valence-electron chi connectivity index (χ3n) is 3.95. The Kier molecular flexibility index (Phi) is 2.71. The normalized spacial score (nSPS) is 41.0. The summed E-state index contributed by atoms with van der Waals surface area (Å²) in [6, 6.07) is 0. The zero-order valence-corrected chi connectivity index (χ0v) is 9.22. The lowest BCUT2D eigenvalue weighted by Crippen LogP contribution is -2.41. The second-order valence-electron chi connectivity index (χ2n) is 4.23. The second-order valence-corrected chi connectivity index (χ2v) is 4.23. The predicted molar refractivity (Wildman–Crippen MR) is 57.1 cm³/mol. The van der Waals surface area contributed by atoms with Crippen LogP contribution in [0.1, 0.15) is 0 Å². The Labute approximate surface area is 90.4 Å². The lowest BCUT2D eigenvalue weighted by atomic mass is 9.84. The van der Waals surface area contributed by atoms with Crippen molar-refractivity contribution in [1.82, 2.24) is 0 Å². The SMILES string of the molecule is C=C[C@H]1[C@@H](CO)[C@H]2C=C[C@@H]1C2(OC)OC. The van der Waals surface area contributed by atoms with Crippen LogP contribution in [0.2, 0.25) is 0 Å². The highest BCUT2D eigenvalue weighted by Gasteiger charge is 2.61. The van der Waals surface area contributed by atoms with Crippen LogP contribution < -0.4 is 0 Å². The first-order valence-corrected chi connectivity index (χ1v) is 5.27. The number of methoxy groups -OCH3 is 2. The summed E-state index contributed by atoms with van der Waals surface area (Å²) in [5, 5.41) is 9.42. The van der Waals surface area contributed by atoms with Gasteiger partial charge < -0.3 is 14.6 Å². The zero-order valence-electron chi connectivity index (χ0n) is 9.22. The summed E-state index contributed by atoms with van der Waals surface area (Å²) in [6.45, 7) is 3.99. The third-order valence-corrected chi connectivity index (χ3v) is 3.95. The van der Waals surface area contributed by atoms with Crippen molar-refractivity contribution < 1.29 is 14.6 Å². The number of rotatable bonds is 4. The minimum atomic E-state index is -0.591. The molecule has 84 valence electrons. The van der Waals surface area contributed by atoms with Crippen LogP contribution in [0.15, 0.2) is 24.8 Å². The molecule has 0 saturated heterocycles. The van der Waals surface area contributed by atoms with E-state index >= 15 is 0 Å². The molecule has 2 rings (SSSR count). The van der Waals surface area contributed by atoms with E-state index in [1.54, 1.807) is 14.2 Å². The zero-order chi connectivity index (χ0) is 11.1. The summed E-state index contributed by atoms with van der Waals surface area (Å²) >= 11 is 0. The number of hydrogen-bond donors (Lipinski definition) is 1. The molecule has 0 aromatic rings. The van der Waals surface area contributed by atoms with Gasteiger partial charge in [0, 0.05) is 38.6 Å². The van der Waals surface area contributed by atoms with Crippen LogP contribution in [-0.4, -0.2) is 31.7 Å². The Hall–Kier alpha value is -0.640. The summed E-state index contributed by atoms with van der Waals surface area (Å²) in [4.78, 5) is 0. The van der Waals surface area contributed by atoms with E-state index in [0.717, 1.165) is 0 Å². The maximum Gasteiger partial charge on any atom is 0.181 e. The molecule has 3 nitrogen and oxygen atoms in total. The molecule has 3 heteroatoms. The smallest absolute Gasteiger partial charge is 0.181 e. The van der Waals surface area contributed by atoms with Crippen molar-refractivity contribution in [2.75, 3.05) is 20.8 Å². The number of hydrogen-bond acceptors (Lipinski definition) is 3. The minimum absolute atomic E-state index is 0.130. The van der Waals surface area contributed by atoms with E-state index in [1.165, 1.54) is 0 Å². The summed E-state index contributed by atoms with van der Waals surface area (Å²) in [7, 11) is 3.33. The van der Waals surface area contributed by atoms with Gasteiger partial charge in [-0.05, 0) is 5.92 Å². The fraction of sp³-hybridized carbons (Fsp3) is 0.667.